The normalized spacial score (nSPS) is 11.7. The van der Waals surface area contributed by atoms with Gasteiger partial charge in [-0.1, -0.05) is 18.2 Å². The monoisotopic (exact) mass is 285 g/mol. The molecule has 0 saturated heterocycles. The van der Waals surface area contributed by atoms with Crippen molar-refractivity contribution in [3.63, 3.8) is 0 Å². The van der Waals surface area contributed by atoms with E-state index in [-0.39, 0.29) is 25.0 Å². The fraction of sp³-hybridized carbons (Fsp3) is 0.250. The molecule has 2 aromatic rings. The second kappa shape index (κ2) is 7.28. The molecule has 5 nitrogen and oxygen atoms in total. The molecular formula is C16H19N3O2. The van der Waals surface area contributed by atoms with Crippen molar-refractivity contribution >= 4 is 11.6 Å². The van der Waals surface area contributed by atoms with Gasteiger partial charge in [0.2, 0.25) is 5.91 Å². The molecule has 1 aromatic heterocycles. The summed E-state index contributed by atoms with van der Waals surface area (Å²) in [7, 11) is 0. The predicted molar refractivity (Wildman–Crippen MR) is 82.0 cm³/mol. The molecule has 1 atom stereocenters. The summed E-state index contributed by atoms with van der Waals surface area (Å²) < 4.78 is 5.61. The van der Waals surface area contributed by atoms with Crippen LogP contribution in [-0.4, -0.2) is 17.5 Å². The zero-order chi connectivity index (χ0) is 15.1. The van der Waals surface area contributed by atoms with Gasteiger partial charge in [0.1, 0.15) is 5.75 Å². The Morgan fingerprint density at radius 2 is 2.14 bits per heavy atom. The van der Waals surface area contributed by atoms with E-state index in [9.17, 15) is 4.79 Å². The number of nitrogens with one attached hydrogen (secondary N) is 1. The minimum atomic E-state index is -0.371. The number of hydrogen-bond acceptors (Lipinski definition) is 4. The molecule has 2 rings (SSSR count). The fourth-order valence-corrected chi connectivity index (χ4v) is 1.92. The van der Waals surface area contributed by atoms with Crippen LogP contribution in [0.4, 0.5) is 5.69 Å². The lowest BCUT2D eigenvalue weighted by Gasteiger charge is -2.18. The first-order valence-electron chi connectivity index (χ1n) is 6.83. The number of aromatic nitrogens is 1. The highest BCUT2D eigenvalue weighted by atomic mass is 16.5. The molecule has 0 saturated carbocycles. The van der Waals surface area contributed by atoms with Crippen molar-refractivity contribution in [2.24, 2.45) is 5.73 Å². The van der Waals surface area contributed by atoms with Gasteiger partial charge in [-0.3, -0.25) is 9.78 Å². The summed E-state index contributed by atoms with van der Waals surface area (Å²) in [5, 5.41) is 3.38. The molecule has 1 heterocycles. The minimum absolute atomic E-state index is 0.0968. The standard InChI is InChI=1S/C16H19N3O2/c1-12(13-5-4-9-18-11-13)19-14-6-2-3-7-15(14)21-10-8-16(17)20/h2-7,9,11-12,19H,8,10H2,1H3,(H2,17,20). The summed E-state index contributed by atoms with van der Waals surface area (Å²) in [6, 6.07) is 11.6. The number of nitrogens with zero attached hydrogens (tertiary/aromatic N) is 1. The van der Waals surface area contributed by atoms with Crippen LogP contribution >= 0.6 is 0 Å². The summed E-state index contributed by atoms with van der Waals surface area (Å²) >= 11 is 0. The van der Waals surface area contributed by atoms with Crippen molar-refractivity contribution in [2.75, 3.05) is 11.9 Å². The van der Waals surface area contributed by atoms with E-state index in [1.807, 2.05) is 42.6 Å². The third-order valence-electron chi connectivity index (χ3n) is 3.05. The van der Waals surface area contributed by atoms with E-state index in [1.165, 1.54) is 0 Å². The summed E-state index contributed by atoms with van der Waals surface area (Å²) in [6.07, 6.45) is 3.78. The molecule has 3 N–H and O–H groups in total. The van der Waals surface area contributed by atoms with Crippen molar-refractivity contribution in [3.8, 4) is 5.75 Å². The van der Waals surface area contributed by atoms with E-state index in [2.05, 4.69) is 17.2 Å². The van der Waals surface area contributed by atoms with E-state index in [1.54, 1.807) is 6.20 Å². The number of amides is 1. The smallest absolute Gasteiger partial charge is 0.220 e. The highest BCUT2D eigenvalue weighted by molar-refractivity contribution is 5.73. The van der Waals surface area contributed by atoms with Crippen molar-refractivity contribution < 1.29 is 9.53 Å². The maximum absolute atomic E-state index is 10.8. The van der Waals surface area contributed by atoms with Gasteiger partial charge in [-0.2, -0.15) is 0 Å². The lowest BCUT2D eigenvalue weighted by atomic mass is 10.1. The number of primary amides is 1. The average molecular weight is 285 g/mol. The van der Waals surface area contributed by atoms with Gasteiger partial charge in [0.05, 0.1) is 24.8 Å². The molecule has 0 bridgehead atoms. The van der Waals surface area contributed by atoms with Crippen LogP contribution in [0.3, 0.4) is 0 Å². The van der Waals surface area contributed by atoms with E-state index >= 15 is 0 Å². The number of nitrogens with two attached hydrogens (primary N) is 1. The van der Waals surface area contributed by atoms with Gasteiger partial charge in [0, 0.05) is 12.4 Å². The van der Waals surface area contributed by atoms with Gasteiger partial charge in [-0.15, -0.1) is 0 Å². The predicted octanol–water partition coefficient (Wildman–Crippen LogP) is 2.51. The van der Waals surface area contributed by atoms with Crippen LogP contribution in [0.2, 0.25) is 0 Å². The van der Waals surface area contributed by atoms with Gasteiger partial charge in [0.25, 0.3) is 0 Å². The Balaban J connectivity index is 2.04. The van der Waals surface area contributed by atoms with Crippen LogP contribution < -0.4 is 15.8 Å². The maximum atomic E-state index is 10.8. The van der Waals surface area contributed by atoms with E-state index in [4.69, 9.17) is 10.5 Å². The van der Waals surface area contributed by atoms with Crippen LogP contribution in [0.25, 0.3) is 0 Å². The topological polar surface area (TPSA) is 77.2 Å². The SMILES string of the molecule is CC(Nc1ccccc1OCCC(N)=O)c1cccnc1. The molecule has 0 aliphatic carbocycles. The van der Waals surface area contributed by atoms with E-state index < -0.39 is 0 Å². The average Bonchev–Trinajstić information content (AvgIpc) is 2.49. The van der Waals surface area contributed by atoms with Crippen LogP contribution in [0.15, 0.2) is 48.8 Å². The molecule has 0 spiro atoms. The second-order valence-corrected chi connectivity index (χ2v) is 4.71. The molecule has 21 heavy (non-hydrogen) atoms. The highest BCUT2D eigenvalue weighted by Crippen LogP contribution is 2.27. The number of hydrogen-bond donors (Lipinski definition) is 2. The Hall–Kier alpha value is -2.56. The quantitative estimate of drug-likeness (QED) is 0.819. The number of rotatable bonds is 7. The number of ether oxygens (including phenoxy) is 1. The summed E-state index contributed by atoms with van der Waals surface area (Å²) in [5.74, 6) is 0.332. The van der Waals surface area contributed by atoms with E-state index in [0.717, 1.165) is 11.3 Å². The fourth-order valence-electron chi connectivity index (χ4n) is 1.92. The molecule has 1 unspecified atom stereocenters. The van der Waals surface area contributed by atoms with Crippen molar-refractivity contribution in [1.82, 2.24) is 4.98 Å². The summed E-state index contributed by atoms with van der Waals surface area (Å²) in [6.45, 7) is 2.33. The highest BCUT2D eigenvalue weighted by Gasteiger charge is 2.09. The summed E-state index contributed by atoms with van der Waals surface area (Å²) in [5.41, 5.74) is 7.07. The number of pyridine rings is 1. The number of para-hydroxylation sites is 2. The molecule has 0 fully saturated rings. The van der Waals surface area contributed by atoms with Crippen LogP contribution in [0, 0.1) is 0 Å². The van der Waals surface area contributed by atoms with Crippen molar-refractivity contribution in [1.29, 1.82) is 0 Å². The zero-order valence-electron chi connectivity index (χ0n) is 12.0. The molecule has 1 aromatic carbocycles. The third-order valence-corrected chi connectivity index (χ3v) is 3.05. The first kappa shape index (κ1) is 14.8. The molecule has 110 valence electrons. The van der Waals surface area contributed by atoms with Crippen molar-refractivity contribution in [2.45, 2.75) is 19.4 Å². The number of anilines is 1. The summed E-state index contributed by atoms with van der Waals surface area (Å²) in [4.78, 5) is 14.9. The Labute approximate surface area is 124 Å². The zero-order valence-corrected chi connectivity index (χ0v) is 12.0. The van der Waals surface area contributed by atoms with Gasteiger partial charge in [0.15, 0.2) is 0 Å². The molecule has 1 amide bonds. The first-order valence-corrected chi connectivity index (χ1v) is 6.83. The Bertz CT molecular complexity index is 587. The molecule has 0 aliphatic rings. The molecule has 0 radical (unpaired) electrons. The van der Waals surface area contributed by atoms with Gasteiger partial charge >= 0.3 is 0 Å². The largest absolute Gasteiger partial charge is 0.491 e. The first-order chi connectivity index (χ1) is 10.2. The van der Waals surface area contributed by atoms with Crippen molar-refractivity contribution in [3.05, 3.63) is 54.4 Å². The minimum Gasteiger partial charge on any atom is -0.491 e. The number of carbonyl (C=O) groups is 1. The van der Waals surface area contributed by atoms with Gasteiger partial charge in [-0.05, 0) is 30.7 Å². The Morgan fingerprint density at radius 3 is 2.86 bits per heavy atom. The Morgan fingerprint density at radius 1 is 1.33 bits per heavy atom. The number of carbonyl (C=O) groups excluding carboxylic acids is 1. The van der Waals surface area contributed by atoms with Crippen LogP contribution in [0.5, 0.6) is 5.75 Å². The second-order valence-electron chi connectivity index (χ2n) is 4.71. The van der Waals surface area contributed by atoms with Gasteiger partial charge in [-0.25, -0.2) is 0 Å². The van der Waals surface area contributed by atoms with E-state index in [0.29, 0.717) is 5.75 Å². The molecule has 5 heteroatoms. The Kier molecular flexibility index (Phi) is 5.15. The maximum Gasteiger partial charge on any atom is 0.220 e. The van der Waals surface area contributed by atoms with Gasteiger partial charge < -0.3 is 15.8 Å². The molecule has 0 aliphatic heterocycles. The van der Waals surface area contributed by atoms with Crippen LogP contribution in [-0.2, 0) is 4.79 Å². The molecular weight excluding hydrogens is 266 g/mol. The lowest BCUT2D eigenvalue weighted by Crippen LogP contribution is -2.15. The lowest BCUT2D eigenvalue weighted by molar-refractivity contribution is -0.118. The number of benzene rings is 1. The van der Waals surface area contributed by atoms with Crippen LogP contribution in [0.1, 0.15) is 24.9 Å². The third kappa shape index (κ3) is 4.49.